The number of carbonyl (C=O) groups excluding carboxylic acids is 2. The zero-order valence-electron chi connectivity index (χ0n) is 16.1. The number of halogens is 1. The molecule has 1 fully saturated rings. The molecular weight excluding hydrogens is 385 g/mol. The van der Waals surface area contributed by atoms with E-state index in [4.69, 9.17) is 4.74 Å². The van der Waals surface area contributed by atoms with Crippen molar-refractivity contribution in [2.45, 2.75) is 6.04 Å². The van der Waals surface area contributed by atoms with Gasteiger partial charge in [0.05, 0.1) is 18.7 Å². The van der Waals surface area contributed by atoms with Crippen LogP contribution < -0.4 is 9.64 Å². The minimum Gasteiger partial charge on any atom is -0.507 e. The molecule has 5 nitrogen and oxygen atoms in total. The first-order valence-electron chi connectivity index (χ1n) is 9.28. The lowest BCUT2D eigenvalue weighted by molar-refractivity contribution is -0.132. The largest absolute Gasteiger partial charge is 0.507 e. The second-order valence-electron chi connectivity index (χ2n) is 6.75. The van der Waals surface area contributed by atoms with Gasteiger partial charge in [0, 0.05) is 16.8 Å². The van der Waals surface area contributed by atoms with E-state index in [0.717, 1.165) is 0 Å². The number of rotatable bonds is 4. The zero-order valence-corrected chi connectivity index (χ0v) is 16.1. The summed E-state index contributed by atoms with van der Waals surface area (Å²) in [5.41, 5.74) is 0.710. The van der Waals surface area contributed by atoms with Gasteiger partial charge in [0.15, 0.2) is 0 Å². The fraction of sp³-hybridized carbons (Fsp3) is 0.0833. The highest BCUT2D eigenvalue weighted by atomic mass is 19.1. The summed E-state index contributed by atoms with van der Waals surface area (Å²) in [6.07, 6.45) is 0. The Morgan fingerprint density at radius 1 is 0.933 bits per heavy atom. The maximum absolute atomic E-state index is 14.8. The molecule has 0 radical (unpaired) electrons. The number of nitrogens with zero attached hydrogens (tertiary/aromatic N) is 1. The van der Waals surface area contributed by atoms with Crippen LogP contribution in [0.2, 0.25) is 0 Å². The van der Waals surface area contributed by atoms with E-state index in [0.29, 0.717) is 17.0 Å². The molecule has 3 aromatic rings. The molecule has 1 atom stereocenters. The molecule has 6 heteroatoms. The average molecular weight is 403 g/mol. The summed E-state index contributed by atoms with van der Waals surface area (Å²) in [4.78, 5) is 27.1. The number of Topliss-reactive ketones (excluding diaryl/α,β-unsaturated/α-hetero) is 1. The standard InChI is InChI=1S/C24H18FNO4/c1-30-17-13-11-16(12-14-17)26-21(18-9-5-6-10-19(18)25)20(23(28)24(26)29)22(27)15-7-3-2-4-8-15/h2-14,21,27H,1H3/b22-20+/t21-/m1/s1. The molecule has 1 aliphatic rings. The monoisotopic (exact) mass is 403 g/mol. The third-order valence-corrected chi connectivity index (χ3v) is 5.04. The SMILES string of the molecule is COc1ccc(N2C(=O)C(=O)/C(=C(/O)c3ccccc3)[C@H]2c2ccccc2F)cc1. The normalized spacial score (nSPS) is 17.9. The second-order valence-corrected chi connectivity index (χ2v) is 6.75. The minimum atomic E-state index is -1.11. The molecule has 0 aliphatic carbocycles. The molecule has 0 unspecified atom stereocenters. The van der Waals surface area contributed by atoms with Crippen molar-refractivity contribution in [3.8, 4) is 5.75 Å². The van der Waals surface area contributed by atoms with Gasteiger partial charge in [0.2, 0.25) is 0 Å². The van der Waals surface area contributed by atoms with Gasteiger partial charge in [0.1, 0.15) is 17.3 Å². The number of benzene rings is 3. The van der Waals surface area contributed by atoms with Crippen LogP contribution in [0.15, 0.2) is 84.4 Å². The predicted octanol–water partition coefficient (Wildman–Crippen LogP) is 4.46. The lowest BCUT2D eigenvalue weighted by Gasteiger charge is -2.25. The van der Waals surface area contributed by atoms with E-state index < -0.39 is 23.5 Å². The molecule has 30 heavy (non-hydrogen) atoms. The number of methoxy groups -OCH3 is 1. The molecule has 0 aromatic heterocycles. The highest BCUT2D eigenvalue weighted by molar-refractivity contribution is 6.51. The van der Waals surface area contributed by atoms with Gasteiger partial charge in [-0.25, -0.2) is 4.39 Å². The first-order valence-corrected chi connectivity index (χ1v) is 9.28. The first-order chi connectivity index (χ1) is 14.5. The molecule has 0 bridgehead atoms. The average Bonchev–Trinajstić information content (AvgIpc) is 3.04. The summed E-state index contributed by atoms with van der Waals surface area (Å²) in [5, 5.41) is 10.9. The van der Waals surface area contributed by atoms with E-state index in [1.165, 1.54) is 30.2 Å². The first kappa shape index (κ1) is 19.4. The van der Waals surface area contributed by atoms with Crippen molar-refractivity contribution in [2.75, 3.05) is 12.0 Å². The number of hydrogen-bond acceptors (Lipinski definition) is 4. The van der Waals surface area contributed by atoms with Crippen LogP contribution in [0.4, 0.5) is 10.1 Å². The number of ketones is 1. The van der Waals surface area contributed by atoms with Crippen LogP contribution in [-0.2, 0) is 9.59 Å². The number of aliphatic hydroxyl groups excluding tert-OH is 1. The second kappa shape index (κ2) is 7.83. The Labute approximate surface area is 172 Å². The summed E-state index contributed by atoms with van der Waals surface area (Å²) >= 11 is 0. The van der Waals surface area contributed by atoms with Gasteiger partial charge in [-0.3, -0.25) is 14.5 Å². The predicted molar refractivity (Wildman–Crippen MR) is 111 cm³/mol. The highest BCUT2D eigenvalue weighted by Crippen LogP contribution is 2.43. The quantitative estimate of drug-likeness (QED) is 0.397. The van der Waals surface area contributed by atoms with Gasteiger partial charge >= 0.3 is 0 Å². The number of carbonyl (C=O) groups is 2. The van der Waals surface area contributed by atoms with E-state index >= 15 is 0 Å². The van der Waals surface area contributed by atoms with Gasteiger partial charge < -0.3 is 9.84 Å². The maximum Gasteiger partial charge on any atom is 0.300 e. The van der Waals surface area contributed by atoms with Crippen LogP contribution in [-0.4, -0.2) is 23.9 Å². The van der Waals surface area contributed by atoms with E-state index in [-0.39, 0.29) is 16.9 Å². The third kappa shape index (κ3) is 3.22. The molecule has 1 N–H and O–H groups in total. The van der Waals surface area contributed by atoms with Gasteiger partial charge in [-0.2, -0.15) is 0 Å². The van der Waals surface area contributed by atoms with Gasteiger partial charge in [0.25, 0.3) is 11.7 Å². The molecule has 1 saturated heterocycles. The summed E-state index contributed by atoms with van der Waals surface area (Å²) in [5.74, 6) is -2.08. The zero-order chi connectivity index (χ0) is 21.3. The lowest BCUT2D eigenvalue weighted by Crippen LogP contribution is -2.29. The van der Waals surface area contributed by atoms with Crippen LogP contribution in [0.25, 0.3) is 5.76 Å². The van der Waals surface area contributed by atoms with E-state index in [9.17, 15) is 19.1 Å². The molecule has 1 amide bonds. The van der Waals surface area contributed by atoms with Crippen LogP contribution in [0.3, 0.4) is 0 Å². The Kier molecular flexibility index (Phi) is 5.06. The van der Waals surface area contributed by atoms with Crippen molar-refractivity contribution in [1.82, 2.24) is 0 Å². The topological polar surface area (TPSA) is 66.8 Å². The number of aliphatic hydroxyl groups is 1. The van der Waals surface area contributed by atoms with E-state index in [1.807, 2.05) is 0 Å². The van der Waals surface area contributed by atoms with Crippen molar-refractivity contribution in [2.24, 2.45) is 0 Å². The van der Waals surface area contributed by atoms with Crippen molar-refractivity contribution in [1.29, 1.82) is 0 Å². The Hall–Kier alpha value is -3.93. The van der Waals surface area contributed by atoms with Crippen molar-refractivity contribution >= 4 is 23.1 Å². The molecule has 1 aliphatic heterocycles. The van der Waals surface area contributed by atoms with Gasteiger partial charge in [-0.05, 0) is 30.3 Å². The summed E-state index contributed by atoms with van der Waals surface area (Å²) in [7, 11) is 1.51. The van der Waals surface area contributed by atoms with E-state index in [2.05, 4.69) is 0 Å². The Morgan fingerprint density at radius 3 is 2.20 bits per heavy atom. The summed E-state index contributed by atoms with van der Waals surface area (Å²) in [6, 6.07) is 19.7. The van der Waals surface area contributed by atoms with Crippen LogP contribution in [0.5, 0.6) is 5.75 Å². The Bertz CT molecular complexity index is 1140. The van der Waals surface area contributed by atoms with Crippen LogP contribution >= 0.6 is 0 Å². The van der Waals surface area contributed by atoms with Crippen molar-refractivity contribution < 1.29 is 23.8 Å². The van der Waals surface area contributed by atoms with Crippen LogP contribution in [0.1, 0.15) is 17.2 Å². The summed E-state index contributed by atoms with van der Waals surface area (Å²) in [6.45, 7) is 0. The van der Waals surface area contributed by atoms with E-state index in [1.54, 1.807) is 60.7 Å². The molecular formula is C24H18FNO4. The van der Waals surface area contributed by atoms with Crippen LogP contribution in [0, 0.1) is 5.82 Å². The fourth-order valence-corrected chi connectivity index (χ4v) is 3.58. The molecule has 1 heterocycles. The number of amides is 1. The number of anilines is 1. The lowest BCUT2D eigenvalue weighted by atomic mass is 9.94. The molecule has 4 rings (SSSR count). The van der Waals surface area contributed by atoms with Gasteiger partial charge in [-0.1, -0.05) is 48.5 Å². The number of ether oxygens (including phenoxy) is 1. The fourth-order valence-electron chi connectivity index (χ4n) is 3.58. The van der Waals surface area contributed by atoms with Crippen molar-refractivity contribution in [3.05, 3.63) is 101 Å². The smallest absolute Gasteiger partial charge is 0.300 e. The molecule has 0 saturated carbocycles. The van der Waals surface area contributed by atoms with Gasteiger partial charge in [-0.15, -0.1) is 0 Å². The maximum atomic E-state index is 14.8. The summed E-state index contributed by atoms with van der Waals surface area (Å²) < 4.78 is 19.9. The molecule has 3 aromatic carbocycles. The highest BCUT2D eigenvalue weighted by Gasteiger charge is 2.47. The molecule has 0 spiro atoms. The Balaban J connectivity index is 1.95. The van der Waals surface area contributed by atoms with Crippen molar-refractivity contribution in [3.63, 3.8) is 0 Å². The molecule has 150 valence electrons. The Morgan fingerprint density at radius 2 is 1.57 bits per heavy atom. The third-order valence-electron chi connectivity index (χ3n) is 5.04. The number of hydrogen-bond donors (Lipinski definition) is 1. The minimum absolute atomic E-state index is 0.116.